The summed E-state index contributed by atoms with van der Waals surface area (Å²) in [5.74, 6) is 0.658. The van der Waals surface area contributed by atoms with Gasteiger partial charge in [-0.1, -0.05) is 30.3 Å². The first kappa shape index (κ1) is 22.9. The predicted molar refractivity (Wildman–Crippen MR) is 128 cm³/mol. The summed E-state index contributed by atoms with van der Waals surface area (Å²) in [6.45, 7) is 8.10. The Hall–Kier alpha value is -3.32. The van der Waals surface area contributed by atoms with E-state index in [4.69, 9.17) is 9.72 Å². The zero-order valence-electron chi connectivity index (χ0n) is 19.5. The van der Waals surface area contributed by atoms with E-state index in [1.807, 2.05) is 43.0 Å². The maximum Gasteiger partial charge on any atom is 0.224 e. The number of rotatable bonds is 7. The molecule has 2 aromatic heterocycles. The number of hydrogen-bond donors (Lipinski definition) is 1. The molecule has 1 aliphatic heterocycles. The van der Waals surface area contributed by atoms with Crippen molar-refractivity contribution in [2.24, 2.45) is 0 Å². The van der Waals surface area contributed by atoms with Crippen LogP contribution in [-0.4, -0.2) is 52.0 Å². The minimum atomic E-state index is -0.213. The van der Waals surface area contributed by atoms with Gasteiger partial charge in [-0.15, -0.1) is 0 Å². The van der Waals surface area contributed by atoms with E-state index in [-0.39, 0.29) is 12.0 Å². The Balaban J connectivity index is 1.34. The summed E-state index contributed by atoms with van der Waals surface area (Å²) in [4.78, 5) is 28.3. The number of anilines is 1. The molecule has 1 atom stereocenters. The van der Waals surface area contributed by atoms with Crippen LogP contribution in [0.5, 0.6) is 0 Å². The van der Waals surface area contributed by atoms with Crippen molar-refractivity contribution in [3.05, 3.63) is 82.4 Å². The second-order valence-electron chi connectivity index (χ2n) is 8.51. The summed E-state index contributed by atoms with van der Waals surface area (Å²) < 4.78 is 5.98. The van der Waals surface area contributed by atoms with Crippen molar-refractivity contribution < 1.29 is 9.53 Å². The van der Waals surface area contributed by atoms with Crippen molar-refractivity contribution >= 4 is 11.9 Å². The molecule has 0 bridgehead atoms. The Bertz CT molecular complexity index is 1100. The van der Waals surface area contributed by atoms with Crippen LogP contribution in [0.25, 0.3) is 0 Å². The van der Waals surface area contributed by atoms with Gasteiger partial charge in [-0.3, -0.25) is 9.78 Å². The molecule has 0 aliphatic carbocycles. The number of morpholine rings is 1. The van der Waals surface area contributed by atoms with Crippen molar-refractivity contribution in [2.45, 2.75) is 39.7 Å². The summed E-state index contributed by atoms with van der Waals surface area (Å²) in [5, 5.41) is 3.16. The molecule has 1 aliphatic rings. The van der Waals surface area contributed by atoms with Crippen molar-refractivity contribution in [2.75, 3.05) is 31.6 Å². The van der Waals surface area contributed by atoms with Gasteiger partial charge in [0.1, 0.15) is 6.10 Å². The number of ether oxygens (including phenoxy) is 1. The van der Waals surface area contributed by atoms with E-state index in [1.54, 1.807) is 0 Å². The number of carbonyl (C=O) groups is 1. The lowest BCUT2D eigenvalue weighted by Crippen LogP contribution is -2.43. The van der Waals surface area contributed by atoms with Crippen LogP contribution in [0.2, 0.25) is 0 Å². The zero-order chi connectivity index (χ0) is 23.2. The molecule has 1 N–H and O–H groups in total. The number of aryl methyl sites for hydroxylation is 3. The van der Waals surface area contributed by atoms with E-state index >= 15 is 0 Å². The smallest absolute Gasteiger partial charge is 0.224 e. The first-order valence-corrected chi connectivity index (χ1v) is 11.4. The molecule has 33 heavy (non-hydrogen) atoms. The molecule has 7 heteroatoms. The highest BCUT2D eigenvalue weighted by Gasteiger charge is 2.26. The summed E-state index contributed by atoms with van der Waals surface area (Å²) >= 11 is 0. The molecule has 0 radical (unpaired) electrons. The first-order valence-electron chi connectivity index (χ1n) is 11.4. The van der Waals surface area contributed by atoms with Gasteiger partial charge in [0.15, 0.2) is 0 Å². The molecule has 172 valence electrons. The van der Waals surface area contributed by atoms with Crippen LogP contribution in [0.15, 0.2) is 48.5 Å². The van der Waals surface area contributed by atoms with Crippen molar-refractivity contribution in [1.29, 1.82) is 0 Å². The minimum Gasteiger partial charge on any atom is -0.368 e. The highest BCUT2D eigenvalue weighted by atomic mass is 16.5. The van der Waals surface area contributed by atoms with E-state index in [2.05, 4.69) is 46.5 Å². The molecule has 7 nitrogen and oxygen atoms in total. The Kier molecular flexibility index (Phi) is 7.29. The molecule has 1 fully saturated rings. The molecule has 0 spiro atoms. The van der Waals surface area contributed by atoms with Crippen molar-refractivity contribution in [3.8, 4) is 0 Å². The van der Waals surface area contributed by atoms with Crippen LogP contribution in [-0.2, 0) is 16.0 Å². The van der Waals surface area contributed by atoms with Gasteiger partial charge in [0, 0.05) is 43.0 Å². The average Bonchev–Trinajstić information content (AvgIpc) is 2.80. The van der Waals surface area contributed by atoms with Crippen LogP contribution in [0.3, 0.4) is 0 Å². The van der Waals surface area contributed by atoms with Gasteiger partial charge in [-0.25, -0.2) is 9.97 Å². The van der Waals surface area contributed by atoms with Gasteiger partial charge in [0.05, 0.1) is 18.8 Å². The number of pyridine rings is 1. The molecule has 0 saturated carbocycles. The van der Waals surface area contributed by atoms with Crippen LogP contribution in [0.1, 0.15) is 46.4 Å². The number of carbonyl (C=O) groups excluding carboxylic acids is 1. The molecule has 0 unspecified atom stereocenters. The van der Waals surface area contributed by atoms with Crippen LogP contribution in [0, 0.1) is 20.8 Å². The fourth-order valence-electron chi connectivity index (χ4n) is 4.08. The number of nitrogens with one attached hydrogen (secondary N) is 1. The van der Waals surface area contributed by atoms with Gasteiger partial charge in [-0.05, 0) is 50.1 Å². The topological polar surface area (TPSA) is 80.2 Å². The van der Waals surface area contributed by atoms with Gasteiger partial charge in [0.2, 0.25) is 11.9 Å². The second-order valence-corrected chi connectivity index (χ2v) is 8.51. The lowest BCUT2D eigenvalue weighted by Gasteiger charge is -2.33. The fourth-order valence-corrected chi connectivity index (χ4v) is 4.08. The second kappa shape index (κ2) is 10.5. The minimum absolute atomic E-state index is 0.0937. The Labute approximate surface area is 195 Å². The third kappa shape index (κ3) is 6.14. The van der Waals surface area contributed by atoms with Crippen LogP contribution in [0.4, 0.5) is 5.95 Å². The Morgan fingerprint density at radius 1 is 1.06 bits per heavy atom. The summed E-state index contributed by atoms with van der Waals surface area (Å²) in [6, 6.07) is 16.3. The third-order valence-electron chi connectivity index (χ3n) is 5.81. The molecule has 1 saturated heterocycles. The largest absolute Gasteiger partial charge is 0.368 e. The maximum absolute atomic E-state index is 12.8. The normalized spacial score (nSPS) is 16.0. The zero-order valence-corrected chi connectivity index (χ0v) is 19.5. The SMILES string of the molecule is Cc1cc(C)nc(NCCC(=O)N2CCO[C@H](c3cccc(Cc4ccccc4C)n3)C2)n1. The lowest BCUT2D eigenvalue weighted by atomic mass is 10.0. The molecule has 3 aromatic rings. The van der Waals surface area contributed by atoms with Crippen molar-refractivity contribution in [1.82, 2.24) is 19.9 Å². The summed E-state index contributed by atoms with van der Waals surface area (Å²) in [7, 11) is 0. The Morgan fingerprint density at radius 2 is 1.85 bits per heavy atom. The van der Waals surface area contributed by atoms with E-state index in [1.165, 1.54) is 11.1 Å². The molecule has 4 rings (SSSR count). The van der Waals surface area contributed by atoms with Gasteiger partial charge < -0.3 is 15.0 Å². The molecular weight excluding hydrogens is 414 g/mol. The summed E-state index contributed by atoms with van der Waals surface area (Å²) in [6.07, 6.45) is 0.946. The number of nitrogens with zero attached hydrogens (tertiary/aromatic N) is 4. The highest BCUT2D eigenvalue weighted by Crippen LogP contribution is 2.22. The van der Waals surface area contributed by atoms with Gasteiger partial charge >= 0.3 is 0 Å². The average molecular weight is 446 g/mol. The number of amides is 1. The monoisotopic (exact) mass is 445 g/mol. The highest BCUT2D eigenvalue weighted by molar-refractivity contribution is 5.76. The lowest BCUT2D eigenvalue weighted by molar-refractivity contribution is -0.138. The van der Waals surface area contributed by atoms with Crippen LogP contribution >= 0.6 is 0 Å². The van der Waals surface area contributed by atoms with E-state index < -0.39 is 0 Å². The van der Waals surface area contributed by atoms with E-state index in [0.29, 0.717) is 38.6 Å². The standard InChI is InChI=1S/C26H31N5O2/c1-18-7-4-5-8-21(18)16-22-9-6-10-23(30-22)24-17-31(13-14-33-24)25(32)11-12-27-26-28-19(2)15-20(3)29-26/h4-10,15,24H,11-14,16-17H2,1-3H3,(H,27,28,29)/t24-/m0/s1. The van der Waals surface area contributed by atoms with E-state index in [9.17, 15) is 4.79 Å². The van der Waals surface area contributed by atoms with Gasteiger partial charge in [0.25, 0.3) is 0 Å². The fraction of sp³-hybridized carbons (Fsp3) is 0.385. The third-order valence-corrected chi connectivity index (χ3v) is 5.81. The number of aromatic nitrogens is 3. The predicted octanol–water partition coefficient (Wildman–Crippen LogP) is 3.79. The van der Waals surface area contributed by atoms with Crippen LogP contribution < -0.4 is 5.32 Å². The molecule has 1 amide bonds. The first-order chi connectivity index (χ1) is 16.0. The molecular formula is C26H31N5O2. The van der Waals surface area contributed by atoms with Crippen molar-refractivity contribution in [3.63, 3.8) is 0 Å². The Morgan fingerprint density at radius 3 is 2.64 bits per heavy atom. The van der Waals surface area contributed by atoms with E-state index in [0.717, 1.165) is 29.2 Å². The molecule has 1 aromatic carbocycles. The molecule has 3 heterocycles. The van der Waals surface area contributed by atoms with Gasteiger partial charge in [-0.2, -0.15) is 0 Å². The maximum atomic E-state index is 12.8. The summed E-state index contributed by atoms with van der Waals surface area (Å²) in [5.41, 5.74) is 6.22. The number of benzene rings is 1. The quantitative estimate of drug-likeness (QED) is 0.596. The number of hydrogen-bond acceptors (Lipinski definition) is 6.